The predicted molar refractivity (Wildman–Crippen MR) is 102 cm³/mol. The van der Waals surface area contributed by atoms with Crippen LogP contribution >= 0.6 is 11.3 Å². The molecule has 2 aliphatic rings. The van der Waals surface area contributed by atoms with E-state index in [0.717, 1.165) is 29.7 Å². The average molecular weight is 385 g/mol. The van der Waals surface area contributed by atoms with Gasteiger partial charge in [0, 0.05) is 17.6 Å². The number of benzene rings is 1. The highest BCUT2D eigenvalue weighted by Gasteiger charge is 2.48. The summed E-state index contributed by atoms with van der Waals surface area (Å²) in [5.41, 5.74) is 1.01. The topological polar surface area (TPSA) is 62.7 Å². The van der Waals surface area contributed by atoms with Crippen LogP contribution in [0.25, 0.3) is 0 Å². The number of hydrogen-bond donors (Lipinski definition) is 0. The molecule has 6 nitrogen and oxygen atoms in total. The monoisotopic (exact) mass is 385 g/mol. The zero-order chi connectivity index (χ0) is 18.8. The average Bonchev–Trinajstić information content (AvgIpc) is 3.25. The minimum absolute atomic E-state index is 0.0113. The molecule has 0 radical (unpaired) electrons. The van der Waals surface area contributed by atoms with Crippen molar-refractivity contribution >= 4 is 23.2 Å². The van der Waals surface area contributed by atoms with Gasteiger partial charge in [-0.05, 0) is 24.8 Å². The fourth-order valence-corrected chi connectivity index (χ4v) is 4.72. The fraction of sp³-hybridized carbons (Fsp3) is 0.450. The first-order valence-electron chi connectivity index (χ1n) is 9.43. The van der Waals surface area contributed by atoms with E-state index in [9.17, 15) is 9.59 Å². The van der Waals surface area contributed by atoms with Crippen molar-refractivity contribution in [3.8, 4) is 0 Å². The number of Topliss-reactive ketones (excluding diaryl/α,β-unsaturated/α-hetero) is 1. The van der Waals surface area contributed by atoms with Crippen LogP contribution in [0.1, 0.15) is 46.4 Å². The Balaban J connectivity index is 1.43. The molecular weight excluding hydrogens is 362 g/mol. The normalized spacial score (nSPS) is 21.7. The highest BCUT2D eigenvalue weighted by Crippen LogP contribution is 2.32. The minimum atomic E-state index is -0.431. The van der Waals surface area contributed by atoms with Gasteiger partial charge in [0.05, 0.1) is 12.1 Å². The van der Waals surface area contributed by atoms with Crippen molar-refractivity contribution in [3.05, 3.63) is 52.0 Å². The van der Waals surface area contributed by atoms with Crippen molar-refractivity contribution in [3.63, 3.8) is 0 Å². The summed E-state index contributed by atoms with van der Waals surface area (Å²) in [6.45, 7) is 3.00. The Morgan fingerprint density at radius 1 is 1.30 bits per heavy atom. The zero-order valence-electron chi connectivity index (χ0n) is 15.3. The van der Waals surface area contributed by atoms with E-state index in [1.807, 2.05) is 30.3 Å². The van der Waals surface area contributed by atoms with Crippen molar-refractivity contribution in [2.75, 3.05) is 6.54 Å². The number of hydroxylamine groups is 2. The Kier molecular flexibility index (Phi) is 5.22. The standard InChI is InChI=1S/C20H23N3O3S/c1-2-6-16-11-21-19(27-16)18(24)17-10-9-15-12-22(17)20(25)23(15)26-13-14-7-4-3-5-8-14/h3-5,7-8,11,15,17H,2,6,9-10,12-13H2,1H3/t15-,17+/m1/s1. The van der Waals surface area contributed by atoms with Gasteiger partial charge in [0.25, 0.3) is 0 Å². The molecule has 0 saturated carbocycles. The van der Waals surface area contributed by atoms with E-state index in [2.05, 4.69) is 11.9 Å². The first-order chi connectivity index (χ1) is 13.2. The highest BCUT2D eigenvalue weighted by molar-refractivity contribution is 7.13. The van der Waals surface area contributed by atoms with E-state index < -0.39 is 6.04 Å². The van der Waals surface area contributed by atoms with Crippen LogP contribution in [0.4, 0.5) is 4.79 Å². The van der Waals surface area contributed by atoms with E-state index in [1.54, 1.807) is 11.1 Å². The van der Waals surface area contributed by atoms with E-state index in [4.69, 9.17) is 4.84 Å². The van der Waals surface area contributed by atoms with Gasteiger partial charge in [0.1, 0.15) is 6.61 Å². The molecule has 1 aromatic heterocycles. The van der Waals surface area contributed by atoms with Crippen molar-refractivity contribution in [1.82, 2.24) is 14.9 Å². The Bertz CT molecular complexity index is 823. The lowest BCUT2D eigenvalue weighted by molar-refractivity contribution is -0.140. The van der Waals surface area contributed by atoms with Crippen LogP contribution in [-0.2, 0) is 17.9 Å². The van der Waals surface area contributed by atoms with Crippen molar-refractivity contribution in [2.45, 2.75) is 51.3 Å². The molecular formula is C20H23N3O3S. The summed E-state index contributed by atoms with van der Waals surface area (Å²) >= 11 is 1.45. The minimum Gasteiger partial charge on any atom is -0.310 e. The van der Waals surface area contributed by atoms with Gasteiger partial charge in [0.2, 0.25) is 5.78 Å². The largest absolute Gasteiger partial charge is 0.344 e. The highest BCUT2D eigenvalue weighted by atomic mass is 32.1. The summed E-state index contributed by atoms with van der Waals surface area (Å²) in [6.07, 6.45) is 5.17. The summed E-state index contributed by atoms with van der Waals surface area (Å²) in [4.78, 5) is 38.6. The molecule has 2 saturated heterocycles. The van der Waals surface area contributed by atoms with E-state index in [1.165, 1.54) is 16.4 Å². The number of aryl methyl sites for hydroxylation is 1. The molecule has 27 heavy (non-hydrogen) atoms. The summed E-state index contributed by atoms with van der Waals surface area (Å²) < 4.78 is 0. The maximum atomic E-state index is 12.9. The van der Waals surface area contributed by atoms with Crippen LogP contribution in [0.5, 0.6) is 0 Å². The summed E-state index contributed by atoms with van der Waals surface area (Å²) in [5, 5.41) is 1.98. The number of hydrogen-bond acceptors (Lipinski definition) is 5. The Morgan fingerprint density at radius 2 is 2.11 bits per heavy atom. The molecule has 2 fully saturated rings. The van der Waals surface area contributed by atoms with Crippen LogP contribution in [0.15, 0.2) is 36.5 Å². The molecule has 1 aromatic carbocycles. The number of nitrogens with zero attached hydrogens (tertiary/aromatic N) is 3. The fourth-order valence-electron chi connectivity index (χ4n) is 3.71. The third-order valence-corrected chi connectivity index (χ3v) is 6.17. The smallest absolute Gasteiger partial charge is 0.310 e. The zero-order valence-corrected chi connectivity index (χ0v) is 16.2. The molecule has 0 spiro atoms. The van der Waals surface area contributed by atoms with E-state index in [0.29, 0.717) is 24.6 Å². The number of ketones is 1. The Labute approximate surface area is 162 Å². The predicted octanol–water partition coefficient (Wildman–Crippen LogP) is 3.68. The lowest BCUT2D eigenvalue weighted by Gasteiger charge is -2.28. The third kappa shape index (κ3) is 3.61. The van der Waals surface area contributed by atoms with E-state index >= 15 is 0 Å². The number of amides is 2. The van der Waals surface area contributed by atoms with Gasteiger partial charge in [-0.25, -0.2) is 9.78 Å². The molecule has 2 amide bonds. The SMILES string of the molecule is CCCc1cnc(C(=O)[C@@H]2CC[C@@H]3CN2C(=O)N3OCc2ccccc2)s1. The van der Waals surface area contributed by atoms with Crippen molar-refractivity contribution in [2.24, 2.45) is 0 Å². The molecule has 0 N–H and O–H groups in total. The molecule has 3 heterocycles. The van der Waals surface area contributed by atoms with Gasteiger partial charge in [-0.1, -0.05) is 43.7 Å². The van der Waals surface area contributed by atoms with Crippen LogP contribution in [0, 0.1) is 0 Å². The third-order valence-electron chi connectivity index (χ3n) is 5.10. The summed E-state index contributed by atoms with van der Waals surface area (Å²) in [5.74, 6) is -0.0425. The summed E-state index contributed by atoms with van der Waals surface area (Å²) in [6, 6.07) is 9.15. The molecule has 7 heteroatoms. The van der Waals surface area contributed by atoms with Gasteiger partial charge >= 0.3 is 6.03 Å². The number of fused-ring (bicyclic) bond motifs is 2. The number of urea groups is 1. The van der Waals surface area contributed by atoms with Gasteiger partial charge in [0.15, 0.2) is 5.01 Å². The molecule has 2 bridgehead atoms. The molecule has 2 atom stereocenters. The Hall–Kier alpha value is -2.25. The van der Waals surface area contributed by atoms with Crippen LogP contribution in [-0.4, -0.2) is 45.4 Å². The number of rotatable bonds is 7. The van der Waals surface area contributed by atoms with Gasteiger partial charge in [-0.3, -0.25) is 9.63 Å². The molecule has 0 unspecified atom stereocenters. The quantitative estimate of drug-likeness (QED) is 0.682. The van der Waals surface area contributed by atoms with Gasteiger partial charge in [-0.2, -0.15) is 5.06 Å². The van der Waals surface area contributed by atoms with Crippen LogP contribution in [0.2, 0.25) is 0 Å². The molecule has 2 aliphatic heterocycles. The first kappa shape index (κ1) is 18.1. The second-order valence-corrected chi connectivity index (χ2v) is 8.13. The molecule has 0 aliphatic carbocycles. The molecule has 4 rings (SSSR count). The van der Waals surface area contributed by atoms with Crippen LogP contribution in [0.3, 0.4) is 0 Å². The second kappa shape index (κ2) is 7.78. The molecule has 142 valence electrons. The van der Waals surface area contributed by atoms with Gasteiger partial charge < -0.3 is 4.90 Å². The maximum absolute atomic E-state index is 12.9. The second-order valence-electron chi connectivity index (χ2n) is 7.01. The van der Waals surface area contributed by atoms with Crippen LogP contribution < -0.4 is 0 Å². The number of aromatic nitrogens is 1. The summed E-state index contributed by atoms with van der Waals surface area (Å²) in [7, 11) is 0. The number of thiazole rings is 1. The Morgan fingerprint density at radius 3 is 2.89 bits per heavy atom. The molecule has 2 aromatic rings. The van der Waals surface area contributed by atoms with Crippen molar-refractivity contribution in [1.29, 1.82) is 0 Å². The lowest BCUT2D eigenvalue weighted by Crippen LogP contribution is -2.45. The number of carbonyl (C=O) groups excluding carboxylic acids is 2. The van der Waals surface area contributed by atoms with Crippen molar-refractivity contribution < 1.29 is 14.4 Å². The number of piperidine rings is 1. The van der Waals surface area contributed by atoms with Gasteiger partial charge in [-0.15, -0.1) is 11.3 Å². The van der Waals surface area contributed by atoms with E-state index in [-0.39, 0.29) is 17.9 Å². The number of carbonyl (C=O) groups is 2. The maximum Gasteiger partial charge on any atom is 0.344 e. The first-order valence-corrected chi connectivity index (χ1v) is 10.2. The lowest BCUT2D eigenvalue weighted by atomic mass is 9.98.